The van der Waals surface area contributed by atoms with E-state index in [2.05, 4.69) is 37.1 Å². The quantitative estimate of drug-likeness (QED) is 0.738. The number of nitrogens with one attached hydrogen (secondary N) is 1. The van der Waals surface area contributed by atoms with E-state index >= 15 is 0 Å². The summed E-state index contributed by atoms with van der Waals surface area (Å²) in [4.78, 5) is 2.41. The van der Waals surface area contributed by atoms with Crippen molar-refractivity contribution in [2.24, 2.45) is 0 Å². The summed E-state index contributed by atoms with van der Waals surface area (Å²) in [7, 11) is 0. The molecule has 1 N–H and O–H groups in total. The zero-order valence-electron chi connectivity index (χ0n) is 13.4. The second-order valence-corrected chi connectivity index (χ2v) is 5.38. The largest absolute Gasteiger partial charge is 0.310 e. The lowest BCUT2D eigenvalue weighted by molar-refractivity contribution is 0.281. The highest BCUT2D eigenvalue weighted by atomic mass is 19.1. The van der Waals surface area contributed by atoms with Crippen molar-refractivity contribution in [3.8, 4) is 0 Å². The van der Waals surface area contributed by atoms with Crippen LogP contribution in [0.2, 0.25) is 0 Å². The molecular formula is C17H29FN2. The maximum Gasteiger partial charge on any atom is 0.123 e. The highest BCUT2D eigenvalue weighted by Gasteiger charge is 2.13. The molecule has 0 aliphatic rings. The number of hydrogen-bond acceptors (Lipinski definition) is 2. The average molecular weight is 280 g/mol. The smallest absolute Gasteiger partial charge is 0.123 e. The highest BCUT2D eigenvalue weighted by Crippen LogP contribution is 2.20. The van der Waals surface area contributed by atoms with Crippen molar-refractivity contribution in [1.29, 1.82) is 0 Å². The van der Waals surface area contributed by atoms with E-state index in [0.717, 1.165) is 50.1 Å². The zero-order valence-corrected chi connectivity index (χ0v) is 13.4. The van der Waals surface area contributed by atoms with Crippen LogP contribution in [0.5, 0.6) is 0 Å². The van der Waals surface area contributed by atoms with Crippen LogP contribution in [0.1, 0.15) is 50.8 Å². The van der Waals surface area contributed by atoms with Crippen LogP contribution >= 0.6 is 0 Å². The Morgan fingerprint density at radius 2 is 1.85 bits per heavy atom. The molecule has 1 rings (SSSR count). The molecule has 0 radical (unpaired) electrons. The molecule has 0 fully saturated rings. The first kappa shape index (κ1) is 17.1. The molecule has 0 saturated carbocycles. The maximum absolute atomic E-state index is 13.6. The van der Waals surface area contributed by atoms with Crippen LogP contribution in [0.4, 0.5) is 4.39 Å². The van der Waals surface area contributed by atoms with Gasteiger partial charge in [-0.25, -0.2) is 4.39 Å². The third-order valence-electron chi connectivity index (χ3n) is 3.74. The number of rotatable bonds is 9. The standard InChI is InChI=1S/C17H29FN2/c1-5-9-19-17(8-10-20(6-2)7-3)15-11-14(4)12-16(18)13-15/h11-13,17,19H,5-10H2,1-4H3. The fourth-order valence-electron chi connectivity index (χ4n) is 2.52. The predicted octanol–water partition coefficient (Wildman–Crippen LogP) is 3.91. The summed E-state index contributed by atoms with van der Waals surface area (Å²) in [5.74, 6) is -0.133. The molecule has 1 aromatic rings. The minimum absolute atomic E-state index is 0.133. The molecule has 0 amide bonds. The molecule has 0 saturated heterocycles. The van der Waals surface area contributed by atoms with Gasteiger partial charge in [-0.1, -0.05) is 26.8 Å². The van der Waals surface area contributed by atoms with Crippen molar-refractivity contribution >= 4 is 0 Å². The summed E-state index contributed by atoms with van der Waals surface area (Å²) in [6.45, 7) is 12.6. The minimum Gasteiger partial charge on any atom is -0.310 e. The Kier molecular flexibility index (Phi) is 7.78. The van der Waals surface area contributed by atoms with Gasteiger partial charge in [0.1, 0.15) is 5.82 Å². The number of hydrogen-bond donors (Lipinski definition) is 1. The lowest BCUT2D eigenvalue weighted by Crippen LogP contribution is -2.30. The van der Waals surface area contributed by atoms with Gasteiger partial charge in [-0.15, -0.1) is 0 Å². The Morgan fingerprint density at radius 3 is 2.40 bits per heavy atom. The van der Waals surface area contributed by atoms with Gasteiger partial charge in [0, 0.05) is 6.04 Å². The highest BCUT2D eigenvalue weighted by molar-refractivity contribution is 5.26. The van der Waals surface area contributed by atoms with E-state index in [-0.39, 0.29) is 11.9 Å². The van der Waals surface area contributed by atoms with E-state index in [9.17, 15) is 4.39 Å². The van der Waals surface area contributed by atoms with E-state index in [1.165, 1.54) is 0 Å². The van der Waals surface area contributed by atoms with E-state index < -0.39 is 0 Å². The van der Waals surface area contributed by atoms with Gasteiger partial charge >= 0.3 is 0 Å². The molecule has 0 aliphatic heterocycles. The second kappa shape index (κ2) is 9.09. The summed E-state index contributed by atoms with van der Waals surface area (Å²) < 4.78 is 13.6. The van der Waals surface area contributed by atoms with Crippen molar-refractivity contribution < 1.29 is 4.39 Å². The van der Waals surface area contributed by atoms with E-state index in [1.807, 2.05) is 6.92 Å². The molecule has 0 heterocycles. The summed E-state index contributed by atoms with van der Waals surface area (Å²) in [5.41, 5.74) is 2.06. The van der Waals surface area contributed by atoms with E-state index in [1.54, 1.807) is 12.1 Å². The van der Waals surface area contributed by atoms with Gasteiger partial charge < -0.3 is 10.2 Å². The molecule has 20 heavy (non-hydrogen) atoms. The van der Waals surface area contributed by atoms with Crippen molar-refractivity contribution in [3.63, 3.8) is 0 Å². The Morgan fingerprint density at radius 1 is 1.15 bits per heavy atom. The van der Waals surface area contributed by atoms with Gasteiger partial charge in [0.25, 0.3) is 0 Å². The topological polar surface area (TPSA) is 15.3 Å². The van der Waals surface area contributed by atoms with Gasteiger partial charge in [0.05, 0.1) is 0 Å². The maximum atomic E-state index is 13.6. The van der Waals surface area contributed by atoms with Crippen LogP contribution in [0.15, 0.2) is 18.2 Å². The first-order valence-corrected chi connectivity index (χ1v) is 7.83. The molecule has 0 aliphatic carbocycles. The molecule has 114 valence electrons. The zero-order chi connectivity index (χ0) is 15.0. The molecule has 3 heteroatoms. The summed E-state index contributed by atoms with van der Waals surface area (Å²) in [6, 6.07) is 5.59. The third-order valence-corrected chi connectivity index (χ3v) is 3.74. The van der Waals surface area contributed by atoms with Crippen molar-refractivity contribution in [3.05, 3.63) is 35.1 Å². The van der Waals surface area contributed by atoms with Gasteiger partial charge in [-0.2, -0.15) is 0 Å². The van der Waals surface area contributed by atoms with Gasteiger partial charge in [0.2, 0.25) is 0 Å². The van der Waals surface area contributed by atoms with Crippen molar-refractivity contribution in [1.82, 2.24) is 10.2 Å². The normalized spacial score (nSPS) is 12.9. The average Bonchev–Trinajstić information content (AvgIpc) is 2.42. The Labute approximate surface area is 123 Å². The Bertz CT molecular complexity index is 368. The SMILES string of the molecule is CCCNC(CCN(CC)CC)c1cc(C)cc(F)c1. The second-order valence-electron chi connectivity index (χ2n) is 5.38. The molecule has 1 atom stereocenters. The van der Waals surface area contributed by atoms with Crippen LogP contribution in [-0.4, -0.2) is 31.1 Å². The first-order chi connectivity index (χ1) is 9.60. The molecule has 0 spiro atoms. The van der Waals surface area contributed by atoms with Crippen LogP contribution in [0.25, 0.3) is 0 Å². The number of halogens is 1. The van der Waals surface area contributed by atoms with Crippen LogP contribution in [0, 0.1) is 12.7 Å². The fourth-order valence-corrected chi connectivity index (χ4v) is 2.52. The summed E-state index contributed by atoms with van der Waals surface area (Å²) >= 11 is 0. The van der Waals surface area contributed by atoms with Crippen LogP contribution in [0.3, 0.4) is 0 Å². The van der Waals surface area contributed by atoms with E-state index in [4.69, 9.17) is 0 Å². The Balaban J connectivity index is 2.76. The van der Waals surface area contributed by atoms with Crippen LogP contribution < -0.4 is 5.32 Å². The molecule has 1 aromatic carbocycles. The van der Waals surface area contributed by atoms with Gasteiger partial charge in [-0.05, 0) is 69.2 Å². The summed E-state index contributed by atoms with van der Waals surface area (Å²) in [6.07, 6.45) is 2.11. The third kappa shape index (κ3) is 5.59. The van der Waals surface area contributed by atoms with Gasteiger partial charge in [-0.3, -0.25) is 0 Å². The molecule has 2 nitrogen and oxygen atoms in total. The first-order valence-electron chi connectivity index (χ1n) is 7.83. The van der Waals surface area contributed by atoms with Gasteiger partial charge in [0.15, 0.2) is 0 Å². The Hall–Kier alpha value is -0.930. The van der Waals surface area contributed by atoms with Crippen molar-refractivity contribution in [2.75, 3.05) is 26.2 Å². The number of benzene rings is 1. The van der Waals surface area contributed by atoms with Crippen molar-refractivity contribution in [2.45, 2.75) is 46.6 Å². The minimum atomic E-state index is -0.133. The fraction of sp³-hybridized carbons (Fsp3) is 0.647. The molecule has 0 bridgehead atoms. The summed E-state index contributed by atoms with van der Waals surface area (Å²) in [5, 5.41) is 3.55. The molecule has 1 unspecified atom stereocenters. The number of aryl methyl sites for hydroxylation is 1. The lowest BCUT2D eigenvalue weighted by Gasteiger charge is -2.24. The number of nitrogens with zero attached hydrogens (tertiary/aromatic N) is 1. The molecule has 0 aromatic heterocycles. The van der Waals surface area contributed by atoms with E-state index in [0.29, 0.717) is 0 Å². The lowest BCUT2D eigenvalue weighted by atomic mass is 10.0. The molecular weight excluding hydrogens is 251 g/mol. The predicted molar refractivity (Wildman–Crippen MR) is 84.6 cm³/mol. The van der Waals surface area contributed by atoms with Crippen LogP contribution in [-0.2, 0) is 0 Å². The monoisotopic (exact) mass is 280 g/mol.